The minimum atomic E-state index is 0.342. The summed E-state index contributed by atoms with van der Waals surface area (Å²) < 4.78 is 11.0. The van der Waals surface area contributed by atoms with Crippen molar-refractivity contribution >= 4 is 0 Å². The molecule has 0 atom stereocenters. The molecule has 4 nitrogen and oxygen atoms in total. The molecule has 0 radical (unpaired) electrons. The van der Waals surface area contributed by atoms with Crippen molar-refractivity contribution in [1.29, 1.82) is 5.26 Å². The van der Waals surface area contributed by atoms with Crippen molar-refractivity contribution in [1.82, 2.24) is 4.98 Å². The van der Waals surface area contributed by atoms with Crippen LogP contribution in [0.5, 0.6) is 5.88 Å². The van der Waals surface area contributed by atoms with E-state index in [2.05, 4.69) is 23.2 Å². The van der Waals surface area contributed by atoms with Gasteiger partial charge in [-0.3, -0.25) is 0 Å². The molecule has 0 unspecified atom stereocenters. The molecule has 1 aromatic carbocycles. The highest BCUT2D eigenvalue weighted by Gasteiger charge is 2.27. The minimum absolute atomic E-state index is 0.342. The van der Waals surface area contributed by atoms with Crippen molar-refractivity contribution in [2.45, 2.75) is 12.8 Å². The molecule has 23 heavy (non-hydrogen) atoms. The number of nitriles is 1. The number of aromatic nitrogens is 1. The third-order valence-electron chi connectivity index (χ3n) is 4.25. The molecule has 0 fully saturated rings. The SMILES string of the molecule is COc1nc2c(c(-c3ccco3)c1C#N)CCc1ccccc1-2. The number of fused-ring (bicyclic) bond motifs is 3. The Morgan fingerprint density at radius 3 is 2.78 bits per heavy atom. The van der Waals surface area contributed by atoms with Crippen LogP contribution in [-0.2, 0) is 12.8 Å². The highest BCUT2D eigenvalue weighted by atomic mass is 16.5. The van der Waals surface area contributed by atoms with E-state index in [1.165, 1.54) is 12.7 Å². The molecular formula is C19H14N2O2. The molecule has 0 saturated heterocycles. The first-order valence-electron chi connectivity index (χ1n) is 7.46. The van der Waals surface area contributed by atoms with Gasteiger partial charge in [-0.2, -0.15) is 5.26 Å². The Hall–Kier alpha value is -3.06. The molecule has 0 bridgehead atoms. The maximum Gasteiger partial charge on any atom is 0.232 e. The molecule has 3 aromatic rings. The van der Waals surface area contributed by atoms with Crippen LogP contribution in [0.4, 0.5) is 0 Å². The average Bonchev–Trinajstić information content (AvgIpc) is 3.13. The number of hydrogen-bond donors (Lipinski definition) is 0. The lowest BCUT2D eigenvalue weighted by Crippen LogP contribution is -2.10. The van der Waals surface area contributed by atoms with Crippen molar-refractivity contribution < 1.29 is 9.15 Å². The smallest absolute Gasteiger partial charge is 0.232 e. The Balaban J connectivity index is 2.09. The highest BCUT2D eigenvalue weighted by Crippen LogP contribution is 2.42. The predicted molar refractivity (Wildman–Crippen MR) is 86.1 cm³/mol. The largest absolute Gasteiger partial charge is 0.480 e. The fourth-order valence-electron chi connectivity index (χ4n) is 3.24. The summed E-state index contributed by atoms with van der Waals surface area (Å²) in [5.41, 5.74) is 5.54. The van der Waals surface area contributed by atoms with Crippen LogP contribution in [0.2, 0.25) is 0 Å². The van der Waals surface area contributed by atoms with Crippen LogP contribution in [0.3, 0.4) is 0 Å². The van der Waals surface area contributed by atoms with Gasteiger partial charge in [0.15, 0.2) is 0 Å². The van der Waals surface area contributed by atoms with E-state index in [4.69, 9.17) is 9.15 Å². The Labute approximate surface area is 134 Å². The van der Waals surface area contributed by atoms with E-state index in [-0.39, 0.29) is 0 Å². The second-order valence-corrected chi connectivity index (χ2v) is 5.44. The number of benzene rings is 1. The molecule has 0 N–H and O–H groups in total. The minimum Gasteiger partial charge on any atom is -0.480 e. The van der Waals surface area contributed by atoms with Gasteiger partial charge in [0.1, 0.15) is 17.4 Å². The van der Waals surface area contributed by atoms with E-state index >= 15 is 0 Å². The number of ether oxygens (including phenoxy) is 1. The number of aryl methyl sites for hydroxylation is 1. The summed E-state index contributed by atoms with van der Waals surface area (Å²) in [6.45, 7) is 0. The third kappa shape index (κ3) is 2.01. The number of furan rings is 1. The summed E-state index contributed by atoms with van der Waals surface area (Å²) >= 11 is 0. The lowest BCUT2D eigenvalue weighted by Gasteiger charge is -2.22. The fourth-order valence-corrected chi connectivity index (χ4v) is 3.24. The van der Waals surface area contributed by atoms with Gasteiger partial charge in [0.2, 0.25) is 5.88 Å². The Bertz CT molecular complexity index is 921. The highest BCUT2D eigenvalue weighted by molar-refractivity contribution is 5.82. The van der Waals surface area contributed by atoms with Gasteiger partial charge in [-0.05, 0) is 36.1 Å². The number of methoxy groups -OCH3 is 1. The summed E-state index contributed by atoms with van der Waals surface area (Å²) in [6, 6.07) is 14.2. The van der Waals surface area contributed by atoms with Gasteiger partial charge in [-0.15, -0.1) is 0 Å². The van der Waals surface area contributed by atoms with Crippen molar-refractivity contribution in [2.24, 2.45) is 0 Å². The number of rotatable bonds is 2. The Morgan fingerprint density at radius 1 is 1.17 bits per heavy atom. The topological polar surface area (TPSA) is 59.1 Å². The number of nitrogens with zero attached hydrogens (tertiary/aromatic N) is 2. The van der Waals surface area contributed by atoms with E-state index < -0.39 is 0 Å². The first-order valence-corrected chi connectivity index (χ1v) is 7.46. The van der Waals surface area contributed by atoms with Crippen LogP contribution in [0.15, 0.2) is 47.1 Å². The summed E-state index contributed by atoms with van der Waals surface area (Å²) in [7, 11) is 1.54. The fraction of sp³-hybridized carbons (Fsp3) is 0.158. The van der Waals surface area contributed by atoms with Crippen molar-refractivity contribution in [3.05, 3.63) is 59.4 Å². The van der Waals surface area contributed by atoms with Crippen molar-refractivity contribution in [3.8, 4) is 34.5 Å². The Morgan fingerprint density at radius 2 is 2.04 bits per heavy atom. The molecule has 1 aliphatic rings. The maximum absolute atomic E-state index is 9.61. The van der Waals surface area contributed by atoms with Crippen LogP contribution in [-0.4, -0.2) is 12.1 Å². The zero-order valence-electron chi connectivity index (χ0n) is 12.7. The van der Waals surface area contributed by atoms with E-state index in [1.807, 2.05) is 24.3 Å². The number of pyridine rings is 1. The standard InChI is InChI=1S/C19H14N2O2/c1-22-19-15(11-20)17(16-7-4-10-23-16)14-9-8-12-5-2-3-6-13(12)18(14)21-19/h2-7,10H,8-9H2,1H3. The van der Waals surface area contributed by atoms with Gasteiger partial charge in [-0.1, -0.05) is 24.3 Å². The van der Waals surface area contributed by atoms with Crippen LogP contribution >= 0.6 is 0 Å². The van der Waals surface area contributed by atoms with Gasteiger partial charge < -0.3 is 9.15 Å². The normalized spacial score (nSPS) is 12.2. The van der Waals surface area contributed by atoms with E-state index in [1.54, 1.807) is 6.26 Å². The zero-order chi connectivity index (χ0) is 15.8. The summed E-state index contributed by atoms with van der Waals surface area (Å²) in [5.74, 6) is 1.02. The quantitative estimate of drug-likeness (QED) is 0.718. The average molecular weight is 302 g/mol. The van der Waals surface area contributed by atoms with Gasteiger partial charge in [0.25, 0.3) is 0 Å². The molecule has 112 valence electrons. The molecule has 0 saturated carbocycles. The van der Waals surface area contributed by atoms with Gasteiger partial charge in [0, 0.05) is 11.1 Å². The van der Waals surface area contributed by atoms with Crippen LogP contribution < -0.4 is 4.74 Å². The van der Waals surface area contributed by atoms with Crippen molar-refractivity contribution in [2.75, 3.05) is 7.11 Å². The first kappa shape index (κ1) is 13.6. The second kappa shape index (κ2) is 5.29. The summed E-state index contributed by atoms with van der Waals surface area (Å²) in [6.07, 6.45) is 3.37. The van der Waals surface area contributed by atoms with E-state index in [9.17, 15) is 5.26 Å². The van der Waals surface area contributed by atoms with Crippen LogP contribution in [0.1, 0.15) is 16.7 Å². The molecule has 0 aliphatic heterocycles. The molecule has 0 spiro atoms. The lowest BCUT2D eigenvalue weighted by molar-refractivity contribution is 0.396. The van der Waals surface area contributed by atoms with Gasteiger partial charge in [0.05, 0.1) is 19.1 Å². The predicted octanol–water partition coefficient (Wildman–Crippen LogP) is 3.99. The summed E-state index contributed by atoms with van der Waals surface area (Å²) in [4.78, 5) is 4.63. The third-order valence-corrected chi connectivity index (χ3v) is 4.25. The molecular weight excluding hydrogens is 288 g/mol. The molecule has 4 heteroatoms. The van der Waals surface area contributed by atoms with Gasteiger partial charge in [-0.25, -0.2) is 4.98 Å². The molecule has 2 heterocycles. The summed E-state index contributed by atoms with van der Waals surface area (Å²) in [5, 5.41) is 9.61. The molecule has 4 rings (SSSR count). The maximum atomic E-state index is 9.61. The van der Waals surface area contributed by atoms with Crippen LogP contribution in [0, 0.1) is 11.3 Å². The molecule has 0 amide bonds. The molecule has 1 aliphatic carbocycles. The van der Waals surface area contributed by atoms with Crippen LogP contribution in [0.25, 0.3) is 22.6 Å². The monoisotopic (exact) mass is 302 g/mol. The van der Waals surface area contributed by atoms with Gasteiger partial charge >= 0.3 is 0 Å². The van der Waals surface area contributed by atoms with Crippen molar-refractivity contribution in [3.63, 3.8) is 0 Å². The Kier molecular flexibility index (Phi) is 3.13. The first-order chi connectivity index (χ1) is 11.3. The van der Waals surface area contributed by atoms with E-state index in [0.29, 0.717) is 17.2 Å². The zero-order valence-corrected chi connectivity index (χ0v) is 12.7. The lowest BCUT2D eigenvalue weighted by atomic mass is 9.84. The second-order valence-electron chi connectivity index (χ2n) is 5.44. The van der Waals surface area contributed by atoms with E-state index in [0.717, 1.165) is 35.2 Å². The molecule has 2 aromatic heterocycles. The number of hydrogen-bond acceptors (Lipinski definition) is 4.